The summed E-state index contributed by atoms with van der Waals surface area (Å²) in [4.78, 5) is 30.1. The van der Waals surface area contributed by atoms with Crippen LogP contribution in [0.2, 0.25) is 0 Å². The number of nitrogens with one attached hydrogen (secondary N) is 1. The minimum Gasteiger partial charge on any atom is -0.340 e. The van der Waals surface area contributed by atoms with Crippen molar-refractivity contribution < 1.29 is 9.59 Å². The van der Waals surface area contributed by atoms with Gasteiger partial charge < -0.3 is 14.7 Å². The SMILES string of the molecule is CN(C)CCN1CCN(C(=O)[C@H]2C=CCN2)CCC1=O. The monoisotopic (exact) mass is 280 g/mol. The molecular formula is C14H24N4O2. The van der Waals surface area contributed by atoms with E-state index in [0.717, 1.165) is 19.6 Å². The van der Waals surface area contributed by atoms with Gasteiger partial charge in [0, 0.05) is 45.7 Å². The van der Waals surface area contributed by atoms with E-state index in [2.05, 4.69) is 10.2 Å². The molecule has 0 unspecified atom stereocenters. The number of likely N-dealkylation sites (N-methyl/N-ethyl adjacent to an activating group) is 1. The largest absolute Gasteiger partial charge is 0.340 e. The molecule has 2 aliphatic rings. The molecule has 0 aromatic heterocycles. The number of amides is 2. The highest BCUT2D eigenvalue weighted by Gasteiger charge is 2.27. The highest BCUT2D eigenvalue weighted by molar-refractivity contribution is 5.85. The zero-order valence-electron chi connectivity index (χ0n) is 12.3. The van der Waals surface area contributed by atoms with E-state index in [4.69, 9.17) is 0 Å². The zero-order valence-corrected chi connectivity index (χ0v) is 12.3. The molecule has 0 aromatic carbocycles. The minimum absolute atomic E-state index is 0.0843. The maximum Gasteiger partial charge on any atom is 0.243 e. The van der Waals surface area contributed by atoms with Gasteiger partial charge in [-0.1, -0.05) is 12.2 Å². The molecule has 1 saturated heterocycles. The van der Waals surface area contributed by atoms with Crippen LogP contribution < -0.4 is 5.32 Å². The van der Waals surface area contributed by atoms with Crippen LogP contribution in [-0.2, 0) is 9.59 Å². The van der Waals surface area contributed by atoms with E-state index in [1.165, 1.54) is 0 Å². The fraction of sp³-hybridized carbons (Fsp3) is 0.714. The number of carbonyl (C=O) groups is 2. The Balaban J connectivity index is 1.88. The molecule has 6 nitrogen and oxygen atoms in total. The third-order valence-corrected chi connectivity index (χ3v) is 3.77. The van der Waals surface area contributed by atoms with Crippen molar-refractivity contribution in [3.63, 3.8) is 0 Å². The Morgan fingerprint density at radius 3 is 2.85 bits per heavy atom. The molecule has 0 aliphatic carbocycles. The van der Waals surface area contributed by atoms with Crippen molar-refractivity contribution in [1.82, 2.24) is 20.0 Å². The second-order valence-electron chi connectivity index (χ2n) is 5.57. The van der Waals surface area contributed by atoms with Crippen LogP contribution >= 0.6 is 0 Å². The summed E-state index contributed by atoms with van der Waals surface area (Å²) in [6.07, 6.45) is 4.30. The fourth-order valence-corrected chi connectivity index (χ4v) is 2.48. The third kappa shape index (κ3) is 3.80. The maximum atomic E-state index is 12.3. The Morgan fingerprint density at radius 1 is 1.40 bits per heavy atom. The van der Waals surface area contributed by atoms with E-state index in [0.29, 0.717) is 26.1 Å². The van der Waals surface area contributed by atoms with Gasteiger partial charge in [0.1, 0.15) is 6.04 Å². The summed E-state index contributed by atoms with van der Waals surface area (Å²) in [7, 11) is 3.99. The topological polar surface area (TPSA) is 55.9 Å². The Hall–Kier alpha value is -1.40. The Bertz CT molecular complexity index is 395. The van der Waals surface area contributed by atoms with E-state index >= 15 is 0 Å². The van der Waals surface area contributed by atoms with E-state index in [-0.39, 0.29) is 17.9 Å². The average Bonchev–Trinajstić information content (AvgIpc) is 2.88. The van der Waals surface area contributed by atoms with Gasteiger partial charge in [-0.3, -0.25) is 14.9 Å². The van der Waals surface area contributed by atoms with Crippen molar-refractivity contribution in [2.45, 2.75) is 12.5 Å². The molecular weight excluding hydrogens is 256 g/mol. The summed E-state index contributed by atoms with van der Waals surface area (Å²) >= 11 is 0. The Labute approximate surface area is 120 Å². The standard InChI is InChI=1S/C14H24N4O2/c1-16(2)8-9-17-10-11-18(7-5-13(17)19)14(20)12-4-3-6-15-12/h3-4,12,15H,5-11H2,1-2H3/t12-/m1/s1. The van der Waals surface area contributed by atoms with Gasteiger partial charge in [0.2, 0.25) is 11.8 Å². The van der Waals surface area contributed by atoms with E-state index in [1.807, 2.05) is 31.1 Å². The molecule has 20 heavy (non-hydrogen) atoms. The number of nitrogens with zero attached hydrogens (tertiary/aromatic N) is 3. The Morgan fingerprint density at radius 2 is 2.20 bits per heavy atom. The predicted molar refractivity (Wildman–Crippen MR) is 77.3 cm³/mol. The quantitative estimate of drug-likeness (QED) is 0.681. The highest BCUT2D eigenvalue weighted by Crippen LogP contribution is 2.08. The molecule has 0 aromatic rings. The van der Waals surface area contributed by atoms with Crippen molar-refractivity contribution in [2.24, 2.45) is 0 Å². The first-order valence-electron chi connectivity index (χ1n) is 7.19. The van der Waals surface area contributed by atoms with Crippen LogP contribution in [0.5, 0.6) is 0 Å². The average molecular weight is 280 g/mol. The predicted octanol–water partition coefficient (Wildman–Crippen LogP) is -0.863. The molecule has 2 aliphatic heterocycles. The van der Waals surface area contributed by atoms with Crippen LogP contribution in [0.25, 0.3) is 0 Å². The molecule has 2 heterocycles. The van der Waals surface area contributed by atoms with Gasteiger partial charge in [0.15, 0.2) is 0 Å². The van der Waals surface area contributed by atoms with Crippen LogP contribution in [0.1, 0.15) is 6.42 Å². The maximum absolute atomic E-state index is 12.3. The van der Waals surface area contributed by atoms with Crippen molar-refractivity contribution >= 4 is 11.8 Å². The summed E-state index contributed by atoms with van der Waals surface area (Å²) in [6.45, 7) is 4.13. The number of rotatable bonds is 4. The van der Waals surface area contributed by atoms with Gasteiger partial charge in [-0.25, -0.2) is 0 Å². The molecule has 2 rings (SSSR count). The first kappa shape index (κ1) is 15.0. The second-order valence-corrected chi connectivity index (χ2v) is 5.57. The molecule has 0 bridgehead atoms. The lowest BCUT2D eigenvalue weighted by molar-refractivity contribution is -0.131. The van der Waals surface area contributed by atoms with Crippen LogP contribution in [0.3, 0.4) is 0 Å². The van der Waals surface area contributed by atoms with Gasteiger partial charge in [-0.05, 0) is 14.1 Å². The highest BCUT2D eigenvalue weighted by atomic mass is 16.2. The van der Waals surface area contributed by atoms with Gasteiger partial charge in [-0.15, -0.1) is 0 Å². The molecule has 0 spiro atoms. The van der Waals surface area contributed by atoms with Crippen molar-refractivity contribution in [3.05, 3.63) is 12.2 Å². The van der Waals surface area contributed by atoms with Crippen LogP contribution in [0.4, 0.5) is 0 Å². The Kier molecular flexibility index (Phi) is 5.14. The number of carbonyl (C=O) groups excluding carboxylic acids is 2. The lowest BCUT2D eigenvalue weighted by atomic mass is 10.2. The smallest absolute Gasteiger partial charge is 0.243 e. The van der Waals surface area contributed by atoms with Gasteiger partial charge in [0.05, 0.1) is 0 Å². The third-order valence-electron chi connectivity index (χ3n) is 3.77. The fourth-order valence-electron chi connectivity index (χ4n) is 2.48. The second kappa shape index (κ2) is 6.85. The molecule has 1 fully saturated rings. The van der Waals surface area contributed by atoms with Crippen LogP contribution in [-0.4, -0.2) is 85.9 Å². The summed E-state index contributed by atoms with van der Waals surface area (Å²) in [6, 6.07) is -0.210. The zero-order chi connectivity index (χ0) is 14.5. The van der Waals surface area contributed by atoms with E-state index in [1.54, 1.807) is 4.90 Å². The molecule has 2 amide bonds. The summed E-state index contributed by atoms with van der Waals surface area (Å²) < 4.78 is 0. The van der Waals surface area contributed by atoms with Crippen LogP contribution in [0.15, 0.2) is 12.2 Å². The molecule has 112 valence electrons. The minimum atomic E-state index is -0.210. The molecule has 0 saturated carbocycles. The van der Waals surface area contributed by atoms with Crippen molar-refractivity contribution in [2.75, 3.05) is 53.4 Å². The number of hydrogen-bond acceptors (Lipinski definition) is 4. The van der Waals surface area contributed by atoms with Crippen LogP contribution in [0, 0.1) is 0 Å². The lowest BCUT2D eigenvalue weighted by Gasteiger charge is -2.24. The van der Waals surface area contributed by atoms with Crippen molar-refractivity contribution in [3.8, 4) is 0 Å². The number of hydrogen-bond donors (Lipinski definition) is 1. The van der Waals surface area contributed by atoms with E-state index in [9.17, 15) is 9.59 Å². The van der Waals surface area contributed by atoms with E-state index < -0.39 is 0 Å². The normalized spacial score (nSPS) is 23.6. The summed E-state index contributed by atoms with van der Waals surface area (Å²) in [5.74, 6) is 0.234. The molecule has 0 radical (unpaired) electrons. The molecule has 1 atom stereocenters. The van der Waals surface area contributed by atoms with Gasteiger partial charge in [-0.2, -0.15) is 0 Å². The van der Waals surface area contributed by atoms with Gasteiger partial charge in [0.25, 0.3) is 0 Å². The molecule has 6 heteroatoms. The lowest BCUT2D eigenvalue weighted by Crippen LogP contribution is -2.45. The van der Waals surface area contributed by atoms with Gasteiger partial charge >= 0.3 is 0 Å². The molecule has 1 N–H and O–H groups in total. The summed E-state index contributed by atoms with van der Waals surface area (Å²) in [5.41, 5.74) is 0. The van der Waals surface area contributed by atoms with Crippen molar-refractivity contribution in [1.29, 1.82) is 0 Å². The first-order valence-corrected chi connectivity index (χ1v) is 7.19. The summed E-state index contributed by atoms with van der Waals surface area (Å²) in [5, 5.41) is 3.13. The first-order chi connectivity index (χ1) is 9.58.